The zero-order valence-electron chi connectivity index (χ0n) is 12.4. The number of H-pyrrole nitrogens is 1. The first-order chi connectivity index (χ1) is 9.77. The van der Waals surface area contributed by atoms with E-state index in [1.807, 2.05) is 20.8 Å². The Morgan fingerprint density at radius 1 is 1.33 bits per heavy atom. The summed E-state index contributed by atoms with van der Waals surface area (Å²) in [6.45, 7) is 8.24. The molecule has 0 bridgehead atoms. The van der Waals surface area contributed by atoms with Gasteiger partial charge in [-0.25, -0.2) is 8.42 Å². The van der Waals surface area contributed by atoms with Gasteiger partial charge in [-0.2, -0.15) is 14.6 Å². The lowest BCUT2D eigenvalue weighted by atomic mass is 10.2. The summed E-state index contributed by atoms with van der Waals surface area (Å²) in [5.41, 5.74) is -0.318. The van der Waals surface area contributed by atoms with Crippen molar-refractivity contribution in [2.45, 2.75) is 31.4 Å². The average Bonchev–Trinajstić information content (AvgIpc) is 2.93. The summed E-state index contributed by atoms with van der Waals surface area (Å²) in [4.78, 5) is 9.60. The van der Waals surface area contributed by atoms with E-state index in [9.17, 15) is 13.2 Å². The molecule has 1 aliphatic heterocycles. The van der Waals surface area contributed by atoms with E-state index < -0.39 is 10.0 Å². The van der Waals surface area contributed by atoms with Crippen LogP contribution in [0.15, 0.2) is 11.2 Å². The second-order valence-corrected chi connectivity index (χ2v) is 7.17. The minimum Gasteiger partial charge on any atom is -0.462 e. The molecule has 0 aromatic carbocycles. The third-order valence-electron chi connectivity index (χ3n) is 2.47. The number of hydrogen-bond donors (Lipinski definition) is 2. The normalized spacial score (nSPS) is 16.7. The summed E-state index contributed by atoms with van der Waals surface area (Å²) in [5.74, 6) is 0. The fourth-order valence-corrected chi connectivity index (χ4v) is 2.75. The molecule has 1 aliphatic rings. The van der Waals surface area contributed by atoms with Gasteiger partial charge in [0.25, 0.3) is 16.5 Å². The number of aromatic amines is 1. The van der Waals surface area contributed by atoms with Crippen LogP contribution >= 0.6 is 0 Å². The molecule has 2 rings (SSSR count). The molecule has 0 radical (unpaired) electrons. The van der Waals surface area contributed by atoms with Crippen LogP contribution < -0.4 is 5.32 Å². The number of sulfonamides is 1. The number of ether oxygens (including phenoxy) is 1. The molecule has 0 atom stereocenters. The number of carbonyl (C=O) groups is 1. The largest absolute Gasteiger partial charge is 0.462 e. The number of nitrogens with one attached hydrogen (secondary N) is 2. The number of aromatic nitrogens is 3. The lowest BCUT2D eigenvalue weighted by molar-refractivity contribution is -0.138. The maximum atomic E-state index is 11.8. The molecule has 1 aromatic heterocycles. The van der Waals surface area contributed by atoms with Gasteiger partial charge in [-0.1, -0.05) is 0 Å². The first-order valence-electron chi connectivity index (χ1n) is 6.45. The van der Waals surface area contributed by atoms with Crippen molar-refractivity contribution < 1.29 is 17.9 Å². The smallest absolute Gasteiger partial charge is 0.293 e. The summed E-state index contributed by atoms with van der Waals surface area (Å²) >= 11 is 0. The van der Waals surface area contributed by atoms with Gasteiger partial charge >= 0.3 is 0 Å². The van der Waals surface area contributed by atoms with Crippen LogP contribution in [0.1, 0.15) is 20.8 Å². The van der Waals surface area contributed by atoms with Crippen LogP contribution in [0.25, 0.3) is 0 Å². The van der Waals surface area contributed by atoms with Crippen LogP contribution in [0.2, 0.25) is 0 Å². The molecular formula is C11H21N5O4S. The monoisotopic (exact) mass is 319 g/mol. The van der Waals surface area contributed by atoms with E-state index in [1.54, 1.807) is 0 Å². The molecule has 10 heteroatoms. The molecule has 0 saturated carbocycles. The van der Waals surface area contributed by atoms with Gasteiger partial charge in [0.2, 0.25) is 5.03 Å². The van der Waals surface area contributed by atoms with Crippen LogP contribution in [0, 0.1) is 0 Å². The fraction of sp³-hybridized carbons (Fsp3) is 0.727. The Morgan fingerprint density at radius 3 is 2.33 bits per heavy atom. The highest BCUT2D eigenvalue weighted by Gasteiger charge is 2.27. The van der Waals surface area contributed by atoms with Crippen LogP contribution in [-0.2, 0) is 19.6 Å². The number of hydrogen-bond acceptors (Lipinski definition) is 7. The molecule has 1 saturated heterocycles. The van der Waals surface area contributed by atoms with Crippen molar-refractivity contribution in [3.8, 4) is 0 Å². The van der Waals surface area contributed by atoms with Gasteiger partial charge in [0.05, 0.1) is 6.20 Å². The Hall–Kier alpha value is -1.52. The molecule has 9 nitrogen and oxygen atoms in total. The standard InChI is InChI=1S/C6H11N5O2S.C5H10O2/c12-14(13,6-5-8-10-9-6)11-3-1-7-2-4-11;1-5(2,3)7-4-6/h5,7H,1-4H2,(H,8,9,10);4H,1-3H3. The molecule has 21 heavy (non-hydrogen) atoms. The molecule has 120 valence electrons. The number of carbonyl (C=O) groups excluding carboxylic acids is 1. The van der Waals surface area contributed by atoms with E-state index in [2.05, 4.69) is 25.5 Å². The minimum atomic E-state index is -3.43. The van der Waals surface area contributed by atoms with Gasteiger partial charge in [-0.05, 0) is 20.8 Å². The Morgan fingerprint density at radius 2 is 1.95 bits per heavy atom. The van der Waals surface area contributed by atoms with Crippen molar-refractivity contribution in [1.82, 2.24) is 25.0 Å². The third-order valence-corrected chi connectivity index (χ3v) is 4.25. The van der Waals surface area contributed by atoms with Gasteiger partial charge in [-0.3, -0.25) is 4.79 Å². The quantitative estimate of drug-likeness (QED) is 0.711. The molecule has 0 spiro atoms. The molecular weight excluding hydrogens is 298 g/mol. The van der Waals surface area contributed by atoms with E-state index in [1.165, 1.54) is 10.5 Å². The highest BCUT2D eigenvalue weighted by Crippen LogP contribution is 2.11. The summed E-state index contributed by atoms with van der Waals surface area (Å²) < 4.78 is 29.6. The van der Waals surface area contributed by atoms with Crippen molar-refractivity contribution in [2.75, 3.05) is 26.2 Å². The molecule has 0 unspecified atom stereocenters. The lowest BCUT2D eigenvalue weighted by Gasteiger charge is -2.25. The molecule has 0 amide bonds. The van der Waals surface area contributed by atoms with E-state index in [0.717, 1.165) is 0 Å². The third kappa shape index (κ3) is 5.78. The highest BCUT2D eigenvalue weighted by molar-refractivity contribution is 7.89. The number of piperazine rings is 1. The Balaban J connectivity index is 0.000000270. The predicted molar refractivity (Wildman–Crippen MR) is 74.9 cm³/mol. The van der Waals surface area contributed by atoms with Crippen LogP contribution in [-0.4, -0.2) is 66.4 Å². The lowest BCUT2D eigenvalue weighted by Crippen LogP contribution is -2.46. The fourth-order valence-electron chi connectivity index (χ4n) is 1.48. The van der Waals surface area contributed by atoms with E-state index in [4.69, 9.17) is 0 Å². The topological polar surface area (TPSA) is 117 Å². The van der Waals surface area contributed by atoms with Crippen LogP contribution in [0.3, 0.4) is 0 Å². The highest BCUT2D eigenvalue weighted by atomic mass is 32.2. The van der Waals surface area contributed by atoms with Gasteiger partial charge in [0.15, 0.2) is 0 Å². The molecule has 0 aliphatic carbocycles. The van der Waals surface area contributed by atoms with Gasteiger partial charge < -0.3 is 10.1 Å². The van der Waals surface area contributed by atoms with E-state index in [-0.39, 0.29) is 10.6 Å². The van der Waals surface area contributed by atoms with Crippen LogP contribution in [0.4, 0.5) is 0 Å². The maximum Gasteiger partial charge on any atom is 0.293 e. The second-order valence-electron chi connectivity index (χ2n) is 5.29. The summed E-state index contributed by atoms with van der Waals surface area (Å²) in [5, 5.41) is 12.4. The van der Waals surface area contributed by atoms with Gasteiger partial charge in [-0.15, -0.1) is 5.10 Å². The molecule has 2 heterocycles. The van der Waals surface area contributed by atoms with Crippen molar-refractivity contribution in [3.05, 3.63) is 6.20 Å². The summed E-state index contributed by atoms with van der Waals surface area (Å²) in [6, 6.07) is 0. The first kappa shape index (κ1) is 17.5. The Bertz CT molecular complexity index is 517. The summed E-state index contributed by atoms with van der Waals surface area (Å²) in [6.07, 6.45) is 1.22. The minimum absolute atomic E-state index is 0.0144. The van der Waals surface area contributed by atoms with Crippen molar-refractivity contribution in [3.63, 3.8) is 0 Å². The average molecular weight is 319 g/mol. The molecule has 2 N–H and O–H groups in total. The van der Waals surface area contributed by atoms with E-state index in [0.29, 0.717) is 32.7 Å². The number of rotatable bonds is 3. The first-order valence-corrected chi connectivity index (χ1v) is 7.89. The zero-order chi connectivity index (χ0) is 15.9. The Labute approximate surface area is 124 Å². The van der Waals surface area contributed by atoms with Crippen LogP contribution in [0.5, 0.6) is 0 Å². The van der Waals surface area contributed by atoms with E-state index >= 15 is 0 Å². The number of nitrogens with zero attached hydrogens (tertiary/aromatic N) is 3. The van der Waals surface area contributed by atoms with Crippen molar-refractivity contribution in [1.29, 1.82) is 0 Å². The molecule has 1 fully saturated rings. The SMILES string of the molecule is CC(C)(C)OC=O.O=S(=O)(c1cn[nH]n1)N1CCNCC1. The van der Waals surface area contributed by atoms with Crippen molar-refractivity contribution in [2.24, 2.45) is 0 Å². The van der Waals surface area contributed by atoms with Crippen molar-refractivity contribution >= 4 is 16.5 Å². The Kier molecular flexibility index (Phi) is 6.24. The van der Waals surface area contributed by atoms with Gasteiger partial charge in [0.1, 0.15) is 5.60 Å². The summed E-state index contributed by atoms with van der Waals surface area (Å²) in [7, 11) is -3.43. The predicted octanol–water partition coefficient (Wildman–Crippen LogP) is -0.643. The van der Waals surface area contributed by atoms with Gasteiger partial charge in [0, 0.05) is 26.2 Å². The molecule has 1 aromatic rings. The zero-order valence-corrected chi connectivity index (χ0v) is 13.2. The second kappa shape index (κ2) is 7.48. The maximum absolute atomic E-state index is 11.8.